The summed E-state index contributed by atoms with van der Waals surface area (Å²) in [6.07, 6.45) is -0.208. The highest BCUT2D eigenvalue weighted by Crippen LogP contribution is 2.20. The van der Waals surface area contributed by atoms with Crippen LogP contribution in [-0.4, -0.2) is 22.1 Å². The highest BCUT2D eigenvalue weighted by molar-refractivity contribution is 5.45. The van der Waals surface area contributed by atoms with Crippen molar-refractivity contribution in [3.05, 3.63) is 36.6 Å². The second-order valence-electron chi connectivity index (χ2n) is 2.40. The summed E-state index contributed by atoms with van der Waals surface area (Å²) in [7, 11) is 1.54. The molecule has 0 spiro atoms. The molecule has 0 unspecified atom stereocenters. The number of benzene rings is 1. The van der Waals surface area contributed by atoms with Crippen LogP contribution in [0.4, 0.5) is 0 Å². The van der Waals surface area contributed by atoms with E-state index < -0.39 is 0 Å². The van der Waals surface area contributed by atoms with E-state index in [9.17, 15) is 0 Å². The maximum Gasteiger partial charge on any atom is 0.144 e. The number of hydrogen-bond acceptors (Lipinski definition) is 3. The number of methoxy groups -OCH3 is 1. The Kier molecular flexibility index (Phi) is 1.44. The Morgan fingerprint density at radius 1 is 1.46 bits per heavy atom. The van der Waals surface area contributed by atoms with Crippen LogP contribution in [0, 0.1) is 0 Å². The second-order valence-corrected chi connectivity index (χ2v) is 2.40. The molecule has 0 aliphatic heterocycles. The van der Waals surface area contributed by atoms with Gasteiger partial charge in [-0.3, -0.25) is 0 Å². The van der Waals surface area contributed by atoms with Gasteiger partial charge in [-0.1, -0.05) is 17.3 Å². The number of para-hydroxylation sites is 2. The van der Waals surface area contributed by atoms with Gasteiger partial charge >= 0.3 is 0 Å². The van der Waals surface area contributed by atoms with E-state index in [1.807, 2.05) is 12.1 Å². The van der Waals surface area contributed by atoms with Gasteiger partial charge in [0.1, 0.15) is 11.4 Å². The van der Waals surface area contributed by atoms with Crippen molar-refractivity contribution in [1.29, 1.82) is 0 Å². The largest absolute Gasteiger partial charge is 0.494 e. The quantitative estimate of drug-likeness (QED) is 0.693. The van der Waals surface area contributed by atoms with Gasteiger partial charge in [0.15, 0.2) is 0 Å². The standard InChI is InChI=1S/C9H9N3O/c1-13-9-5-3-2-4-8(9)12-7-6-10-11-12/h2-7H,1H3/i6D,7D. The molecule has 0 atom stereocenters. The molecule has 2 rings (SSSR count). The summed E-state index contributed by atoms with van der Waals surface area (Å²) in [5, 5.41) is 7.21. The van der Waals surface area contributed by atoms with Gasteiger partial charge < -0.3 is 4.74 Å². The molecule has 0 N–H and O–H groups in total. The summed E-state index contributed by atoms with van der Waals surface area (Å²) >= 11 is 0. The summed E-state index contributed by atoms with van der Waals surface area (Å²) in [5.74, 6) is 0.593. The van der Waals surface area contributed by atoms with Crippen LogP contribution < -0.4 is 4.74 Å². The molecule has 0 amide bonds. The molecule has 13 heavy (non-hydrogen) atoms. The van der Waals surface area contributed by atoms with Crippen molar-refractivity contribution in [2.45, 2.75) is 0 Å². The highest BCUT2D eigenvalue weighted by Gasteiger charge is 2.02. The van der Waals surface area contributed by atoms with Crippen LogP contribution in [0.3, 0.4) is 0 Å². The van der Waals surface area contributed by atoms with Gasteiger partial charge in [-0.2, -0.15) is 0 Å². The monoisotopic (exact) mass is 177 g/mol. The molecule has 0 aliphatic carbocycles. The average molecular weight is 177 g/mol. The smallest absolute Gasteiger partial charge is 0.144 e. The number of nitrogens with zero attached hydrogens (tertiary/aromatic N) is 3. The van der Waals surface area contributed by atoms with E-state index in [0.717, 1.165) is 0 Å². The van der Waals surface area contributed by atoms with Crippen LogP contribution in [0.15, 0.2) is 36.6 Å². The highest BCUT2D eigenvalue weighted by atomic mass is 16.5. The molecule has 0 saturated carbocycles. The van der Waals surface area contributed by atoms with E-state index >= 15 is 0 Å². The topological polar surface area (TPSA) is 39.9 Å². The minimum atomic E-state index is -0.152. The zero-order chi connectivity index (χ0) is 10.8. The predicted molar refractivity (Wildman–Crippen MR) is 47.9 cm³/mol. The zero-order valence-electron chi connectivity index (χ0n) is 9.06. The maximum atomic E-state index is 7.58. The van der Waals surface area contributed by atoms with Gasteiger partial charge in [-0.15, -0.1) is 5.10 Å². The Labute approximate surface area is 78.6 Å². The first-order chi connectivity index (χ1) is 7.24. The third-order valence-electron chi connectivity index (χ3n) is 1.65. The molecule has 1 heterocycles. The van der Waals surface area contributed by atoms with Crippen molar-refractivity contribution >= 4 is 0 Å². The predicted octanol–water partition coefficient (Wildman–Crippen LogP) is 1.28. The van der Waals surface area contributed by atoms with E-state index in [1.165, 1.54) is 4.68 Å². The Morgan fingerprint density at radius 3 is 3.00 bits per heavy atom. The number of hydrogen-bond donors (Lipinski definition) is 0. The van der Waals surface area contributed by atoms with E-state index in [2.05, 4.69) is 10.3 Å². The molecule has 0 saturated heterocycles. The minimum absolute atomic E-state index is 0.0560. The molecular weight excluding hydrogens is 166 g/mol. The first-order valence-electron chi connectivity index (χ1n) is 4.76. The third-order valence-corrected chi connectivity index (χ3v) is 1.65. The number of aromatic nitrogens is 3. The van der Waals surface area contributed by atoms with Crippen LogP contribution in [0.25, 0.3) is 5.69 Å². The van der Waals surface area contributed by atoms with Gasteiger partial charge in [0.05, 0.1) is 22.2 Å². The van der Waals surface area contributed by atoms with Crippen molar-refractivity contribution < 1.29 is 7.48 Å². The summed E-state index contributed by atoms with van der Waals surface area (Å²) in [6.45, 7) is 0. The molecule has 4 nitrogen and oxygen atoms in total. The van der Waals surface area contributed by atoms with Crippen LogP contribution in [0.5, 0.6) is 5.75 Å². The average Bonchev–Trinajstić information content (AvgIpc) is 2.60. The second kappa shape index (κ2) is 3.26. The van der Waals surface area contributed by atoms with Crippen molar-refractivity contribution in [2.24, 2.45) is 0 Å². The fraction of sp³-hybridized carbons (Fsp3) is 0.111. The first kappa shape index (κ1) is 5.75. The van der Waals surface area contributed by atoms with Crippen LogP contribution in [0.1, 0.15) is 2.74 Å². The lowest BCUT2D eigenvalue weighted by molar-refractivity contribution is 0.411. The van der Waals surface area contributed by atoms with Crippen molar-refractivity contribution in [2.75, 3.05) is 7.11 Å². The zero-order valence-corrected chi connectivity index (χ0v) is 7.06. The Balaban J connectivity index is 2.58. The third kappa shape index (κ3) is 1.38. The van der Waals surface area contributed by atoms with Gasteiger partial charge in [0, 0.05) is 0 Å². The Hall–Kier alpha value is -1.84. The molecule has 0 aliphatic rings. The lowest BCUT2D eigenvalue weighted by atomic mass is 10.3. The fourth-order valence-electron chi connectivity index (χ4n) is 1.07. The van der Waals surface area contributed by atoms with Crippen molar-refractivity contribution in [3.63, 3.8) is 0 Å². The van der Waals surface area contributed by atoms with Gasteiger partial charge in [0.2, 0.25) is 0 Å². The SMILES string of the molecule is [2H]c1nnn(-c2ccccc2OC)c1[2H]. The first-order valence-corrected chi connectivity index (χ1v) is 3.76. The number of rotatable bonds is 2. The van der Waals surface area contributed by atoms with Gasteiger partial charge in [-0.05, 0) is 12.1 Å². The molecular formula is C9H9N3O. The van der Waals surface area contributed by atoms with Crippen LogP contribution in [0.2, 0.25) is 0 Å². The summed E-state index contributed by atoms with van der Waals surface area (Å²) in [5.41, 5.74) is 0.607. The summed E-state index contributed by atoms with van der Waals surface area (Å²) in [4.78, 5) is 0. The fourth-order valence-corrected chi connectivity index (χ4v) is 1.07. The Bertz CT molecular complexity index is 484. The molecule has 2 aromatic rings. The van der Waals surface area contributed by atoms with E-state index in [0.29, 0.717) is 11.4 Å². The summed E-state index contributed by atoms with van der Waals surface area (Å²) < 4.78 is 21.3. The van der Waals surface area contributed by atoms with E-state index in [1.54, 1.807) is 19.2 Å². The molecule has 0 radical (unpaired) electrons. The van der Waals surface area contributed by atoms with Crippen LogP contribution >= 0.6 is 0 Å². The summed E-state index contributed by atoms with van der Waals surface area (Å²) in [6, 6.07) is 7.15. The molecule has 0 fully saturated rings. The molecule has 66 valence electrons. The Morgan fingerprint density at radius 2 is 2.31 bits per heavy atom. The number of ether oxygens (including phenoxy) is 1. The van der Waals surface area contributed by atoms with Gasteiger partial charge in [0.25, 0.3) is 0 Å². The van der Waals surface area contributed by atoms with E-state index in [-0.39, 0.29) is 12.3 Å². The van der Waals surface area contributed by atoms with Crippen molar-refractivity contribution in [1.82, 2.24) is 15.0 Å². The molecule has 1 aromatic carbocycles. The maximum absolute atomic E-state index is 7.58. The van der Waals surface area contributed by atoms with Gasteiger partial charge in [-0.25, -0.2) is 4.68 Å². The van der Waals surface area contributed by atoms with E-state index in [4.69, 9.17) is 7.48 Å². The lowest BCUT2D eigenvalue weighted by Gasteiger charge is -2.05. The molecule has 4 heteroatoms. The normalized spacial score (nSPS) is 12.1. The lowest BCUT2D eigenvalue weighted by Crippen LogP contribution is -1.98. The molecule has 0 bridgehead atoms. The van der Waals surface area contributed by atoms with Crippen molar-refractivity contribution in [3.8, 4) is 11.4 Å². The minimum Gasteiger partial charge on any atom is -0.494 e. The van der Waals surface area contributed by atoms with Crippen LogP contribution in [-0.2, 0) is 0 Å². The molecule has 1 aromatic heterocycles.